The van der Waals surface area contributed by atoms with E-state index in [4.69, 9.17) is 10.5 Å². The van der Waals surface area contributed by atoms with Crippen molar-refractivity contribution in [1.82, 2.24) is 9.88 Å². The summed E-state index contributed by atoms with van der Waals surface area (Å²) in [6.45, 7) is 5.72. The number of rotatable bonds is 8. The Bertz CT molecular complexity index is 392. The molecule has 0 unspecified atom stereocenters. The van der Waals surface area contributed by atoms with Gasteiger partial charge in [0.1, 0.15) is 5.69 Å². The fourth-order valence-corrected chi connectivity index (χ4v) is 2.23. The van der Waals surface area contributed by atoms with Gasteiger partial charge in [0.05, 0.1) is 11.6 Å². The maximum absolute atomic E-state index is 12.2. The van der Waals surface area contributed by atoms with E-state index in [-0.39, 0.29) is 5.91 Å². The number of ether oxygens (including phenoxy) is 1. The lowest BCUT2D eigenvalue weighted by Gasteiger charge is -2.19. The third-order valence-corrected chi connectivity index (χ3v) is 3.24. The van der Waals surface area contributed by atoms with E-state index in [1.54, 1.807) is 23.5 Å². The number of amides is 1. The molecule has 0 aliphatic carbocycles. The monoisotopic (exact) mass is 269 g/mol. The zero-order chi connectivity index (χ0) is 13.4. The highest BCUT2D eigenvalue weighted by atomic mass is 32.1. The quantitative estimate of drug-likeness (QED) is 0.713. The van der Waals surface area contributed by atoms with Crippen LogP contribution < -0.4 is 5.73 Å². The number of thiazole rings is 1. The van der Waals surface area contributed by atoms with Crippen molar-refractivity contribution < 1.29 is 9.53 Å². The summed E-state index contributed by atoms with van der Waals surface area (Å²) in [7, 11) is 1.61. The van der Waals surface area contributed by atoms with Crippen molar-refractivity contribution in [2.45, 2.75) is 6.42 Å². The van der Waals surface area contributed by atoms with E-state index < -0.39 is 0 Å². The Morgan fingerprint density at radius 3 is 3.11 bits per heavy atom. The van der Waals surface area contributed by atoms with Crippen LogP contribution >= 0.6 is 11.3 Å². The van der Waals surface area contributed by atoms with Gasteiger partial charge in [0, 0.05) is 32.0 Å². The molecule has 0 aliphatic rings. The van der Waals surface area contributed by atoms with Gasteiger partial charge in [-0.25, -0.2) is 4.98 Å². The molecule has 0 aliphatic heterocycles. The largest absolute Gasteiger partial charge is 0.383 e. The Morgan fingerprint density at radius 2 is 2.50 bits per heavy atom. The summed E-state index contributed by atoms with van der Waals surface area (Å²) in [5.74, 6) is -0.0912. The number of methoxy groups -OCH3 is 1. The zero-order valence-electron chi connectivity index (χ0n) is 10.6. The maximum Gasteiger partial charge on any atom is 0.273 e. The van der Waals surface area contributed by atoms with Crippen molar-refractivity contribution >= 4 is 17.2 Å². The van der Waals surface area contributed by atoms with E-state index >= 15 is 0 Å². The molecule has 1 aromatic rings. The predicted octanol–water partition coefficient (Wildman–Crippen LogP) is 0.919. The van der Waals surface area contributed by atoms with E-state index in [1.807, 2.05) is 0 Å². The van der Waals surface area contributed by atoms with Crippen LogP contribution in [0.2, 0.25) is 0 Å². The van der Waals surface area contributed by atoms with Crippen LogP contribution in [0.4, 0.5) is 0 Å². The molecule has 2 N–H and O–H groups in total. The highest BCUT2D eigenvalue weighted by molar-refractivity contribution is 7.09. The molecular formula is C12H19N3O2S. The molecular weight excluding hydrogens is 250 g/mol. The normalized spacial score (nSPS) is 10.3. The first-order valence-corrected chi connectivity index (χ1v) is 6.64. The molecule has 1 aromatic heterocycles. The van der Waals surface area contributed by atoms with Crippen LogP contribution in [0.3, 0.4) is 0 Å². The summed E-state index contributed by atoms with van der Waals surface area (Å²) < 4.78 is 4.99. The molecule has 0 radical (unpaired) electrons. The summed E-state index contributed by atoms with van der Waals surface area (Å²) in [4.78, 5) is 18.1. The molecule has 1 heterocycles. The SMILES string of the molecule is C=CCN(CCOC)C(=O)c1csc(CCN)n1. The van der Waals surface area contributed by atoms with Gasteiger partial charge in [0.15, 0.2) is 0 Å². The Balaban J connectivity index is 2.70. The van der Waals surface area contributed by atoms with Gasteiger partial charge in [0.25, 0.3) is 5.91 Å². The molecule has 1 amide bonds. The minimum Gasteiger partial charge on any atom is -0.383 e. The van der Waals surface area contributed by atoms with Crippen molar-refractivity contribution in [1.29, 1.82) is 0 Å². The minimum absolute atomic E-state index is 0.0912. The van der Waals surface area contributed by atoms with Crippen molar-refractivity contribution in [3.05, 3.63) is 28.7 Å². The van der Waals surface area contributed by atoms with E-state index in [0.717, 1.165) is 5.01 Å². The summed E-state index contributed by atoms with van der Waals surface area (Å²) >= 11 is 1.47. The Morgan fingerprint density at radius 1 is 1.72 bits per heavy atom. The van der Waals surface area contributed by atoms with Crippen LogP contribution in [-0.2, 0) is 11.2 Å². The average molecular weight is 269 g/mol. The molecule has 1 rings (SSSR count). The molecule has 100 valence electrons. The first kappa shape index (κ1) is 14.8. The molecule has 0 atom stereocenters. The van der Waals surface area contributed by atoms with Crippen LogP contribution in [0.15, 0.2) is 18.0 Å². The van der Waals surface area contributed by atoms with Crippen molar-refractivity contribution in [3.63, 3.8) is 0 Å². The molecule has 0 bridgehead atoms. The number of aromatic nitrogens is 1. The van der Waals surface area contributed by atoms with E-state index in [2.05, 4.69) is 11.6 Å². The van der Waals surface area contributed by atoms with Crippen molar-refractivity contribution in [3.8, 4) is 0 Å². The maximum atomic E-state index is 12.2. The number of nitrogens with zero attached hydrogens (tertiary/aromatic N) is 2. The fraction of sp³-hybridized carbons (Fsp3) is 0.500. The molecule has 5 nitrogen and oxygen atoms in total. The van der Waals surface area contributed by atoms with Crippen molar-refractivity contribution in [2.24, 2.45) is 5.73 Å². The Kier molecular flexibility index (Phi) is 6.56. The third kappa shape index (κ3) is 4.21. The van der Waals surface area contributed by atoms with E-state index in [0.29, 0.717) is 38.4 Å². The summed E-state index contributed by atoms with van der Waals surface area (Å²) in [5.41, 5.74) is 5.93. The summed E-state index contributed by atoms with van der Waals surface area (Å²) in [5, 5.41) is 2.67. The standard InChI is InChI=1S/C12H19N3O2S/c1-3-6-15(7-8-17-2)12(16)10-9-18-11(14-10)4-5-13/h3,9H,1,4-8,13H2,2H3. The second-order valence-electron chi connectivity index (χ2n) is 3.70. The van der Waals surface area contributed by atoms with Crippen LogP contribution in [0.5, 0.6) is 0 Å². The van der Waals surface area contributed by atoms with Gasteiger partial charge in [-0.1, -0.05) is 6.08 Å². The van der Waals surface area contributed by atoms with Gasteiger partial charge < -0.3 is 15.4 Å². The number of hydrogen-bond donors (Lipinski definition) is 1. The van der Waals surface area contributed by atoms with E-state index in [1.165, 1.54) is 11.3 Å². The lowest BCUT2D eigenvalue weighted by Crippen LogP contribution is -2.34. The van der Waals surface area contributed by atoms with Gasteiger partial charge in [-0.15, -0.1) is 17.9 Å². The Labute approximate surface area is 111 Å². The van der Waals surface area contributed by atoms with Gasteiger partial charge >= 0.3 is 0 Å². The topological polar surface area (TPSA) is 68.5 Å². The first-order chi connectivity index (χ1) is 8.72. The van der Waals surface area contributed by atoms with Crippen molar-refractivity contribution in [2.75, 3.05) is 33.4 Å². The fourth-order valence-electron chi connectivity index (χ4n) is 1.44. The highest BCUT2D eigenvalue weighted by Gasteiger charge is 2.17. The molecule has 0 saturated carbocycles. The summed E-state index contributed by atoms with van der Waals surface area (Å²) in [6.07, 6.45) is 2.40. The molecule has 0 aromatic carbocycles. The van der Waals surface area contributed by atoms with Crippen LogP contribution in [-0.4, -0.2) is 49.1 Å². The van der Waals surface area contributed by atoms with E-state index in [9.17, 15) is 4.79 Å². The number of hydrogen-bond acceptors (Lipinski definition) is 5. The first-order valence-electron chi connectivity index (χ1n) is 5.76. The average Bonchev–Trinajstić information content (AvgIpc) is 2.83. The lowest BCUT2D eigenvalue weighted by atomic mass is 10.3. The van der Waals surface area contributed by atoms with Gasteiger partial charge in [-0.2, -0.15) is 0 Å². The Hall–Kier alpha value is -1.24. The molecule has 0 saturated heterocycles. The van der Waals surface area contributed by atoms with Gasteiger partial charge in [-0.05, 0) is 6.54 Å². The number of nitrogens with two attached hydrogens (primary N) is 1. The molecule has 0 spiro atoms. The van der Waals surface area contributed by atoms with Gasteiger partial charge in [0.2, 0.25) is 0 Å². The smallest absolute Gasteiger partial charge is 0.273 e. The van der Waals surface area contributed by atoms with Crippen LogP contribution in [0.25, 0.3) is 0 Å². The molecule has 0 fully saturated rings. The minimum atomic E-state index is -0.0912. The van der Waals surface area contributed by atoms with Gasteiger partial charge in [-0.3, -0.25) is 4.79 Å². The second kappa shape index (κ2) is 7.97. The zero-order valence-corrected chi connectivity index (χ0v) is 11.4. The van der Waals surface area contributed by atoms with Crippen LogP contribution in [0, 0.1) is 0 Å². The number of carbonyl (C=O) groups excluding carboxylic acids is 1. The third-order valence-electron chi connectivity index (χ3n) is 2.33. The molecule has 6 heteroatoms. The highest BCUT2D eigenvalue weighted by Crippen LogP contribution is 2.12. The van der Waals surface area contributed by atoms with Crippen LogP contribution in [0.1, 0.15) is 15.5 Å². The predicted molar refractivity (Wildman–Crippen MR) is 72.8 cm³/mol. The lowest BCUT2D eigenvalue weighted by molar-refractivity contribution is 0.0713. The molecule has 18 heavy (non-hydrogen) atoms. The summed E-state index contributed by atoms with van der Waals surface area (Å²) in [6, 6.07) is 0. The second-order valence-corrected chi connectivity index (χ2v) is 4.64. The number of carbonyl (C=O) groups is 1.